The third-order valence-electron chi connectivity index (χ3n) is 4.30. The van der Waals surface area contributed by atoms with E-state index in [-0.39, 0.29) is 16.1 Å². The molecule has 0 radical (unpaired) electrons. The van der Waals surface area contributed by atoms with E-state index in [2.05, 4.69) is 18.6 Å². The molecule has 0 aliphatic heterocycles. The summed E-state index contributed by atoms with van der Waals surface area (Å²) in [5.41, 5.74) is 0.0750. The zero-order chi connectivity index (χ0) is 15.5. The fraction of sp³-hybridized carbons (Fsp3) is 0.625. The summed E-state index contributed by atoms with van der Waals surface area (Å²) in [6.45, 7) is 4.82. The first kappa shape index (κ1) is 16.3. The number of phenolic OH excluding ortho intramolecular Hbond substituents is 1. The number of nitrogens with one attached hydrogen (secondary N) is 1. The predicted molar refractivity (Wildman–Crippen MR) is 83.7 cm³/mol. The summed E-state index contributed by atoms with van der Waals surface area (Å²) < 4.78 is 27.4. The van der Waals surface area contributed by atoms with Gasteiger partial charge in [-0.3, -0.25) is 0 Å². The molecule has 1 aromatic rings. The molecule has 1 fully saturated rings. The number of para-hydroxylation sites is 1. The summed E-state index contributed by atoms with van der Waals surface area (Å²) in [5.74, 6) is 0.354. The minimum absolute atomic E-state index is 0.0392. The van der Waals surface area contributed by atoms with Crippen molar-refractivity contribution < 1.29 is 13.5 Å². The molecule has 4 nitrogen and oxygen atoms in total. The molecule has 0 atom stereocenters. The molecule has 0 heterocycles. The Morgan fingerprint density at radius 3 is 2.43 bits per heavy atom. The van der Waals surface area contributed by atoms with E-state index in [1.807, 2.05) is 0 Å². The Hall–Kier alpha value is -1.07. The van der Waals surface area contributed by atoms with Gasteiger partial charge in [-0.05, 0) is 42.7 Å². The number of hydrogen-bond acceptors (Lipinski definition) is 3. The van der Waals surface area contributed by atoms with Gasteiger partial charge in [0.15, 0.2) is 0 Å². The average Bonchev–Trinajstić information content (AvgIpc) is 2.85. The maximum atomic E-state index is 12.4. The van der Waals surface area contributed by atoms with Crippen molar-refractivity contribution in [2.45, 2.75) is 50.8 Å². The van der Waals surface area contributed by atoms with Gasteiger partial charge in [0.05, 0.1) is 0 Å². The van der Waals surface area contributed by atoms with Crippen LogP contribution in [0.3, 0.4) is 0 Å². The van der Waals surface area contributed by atoms with Crippen molar-refractivity contribution in [1.82, 2.24) is 4.72 Å². The molecular formula is C16H25NO3S. The predicted octanol–water partition coefficient (Wildman–Crippen LogP) is 3.28. The maximum Gasteiger partial charge on any atom is 0.244 e. The minimum atomic E-state index is -3.65. The van der Waals surface area contributed by atoms with Crippen LogP contribution in [0.4, 0.5) is 0 Å². The Bertz CT molecular complexity index is 575. The van der Waals surface area contributed by atoms with Gasteiger partial charge in [0.2, 0.25) is 10.0 Å². The molecule has 118 valence electrons. The number of aromatic hydroxyl groups is 1. The van der Waals surface area contributed by atoms with Crippen LogP contribution in [0.5, 0.6) is 5.75 Å². The molecule has 2 rings (SSSR count). The molecule has 1 aliphatic carbocycles. The lowest BCUT2D eigenvalue weighted by atomic mass is 9.79. The van der Waals surface area contributed by atoms with Crippen LogP contribution in [0.1, 0.15) is 46.0 Å². The third kappa shape index (κ3) is 3.98. The van der Waals surface area contributed by atoms with Crippen LogP contribution in [0.15, 0.2) is 29.2 Å². The van der Waals surface area contributed by atoms with Crippen molar-refractivity contribution in [2.24, 2.45) is 11.3 Å². The summed E-state index contributed by atoms with van der Waals surface area (Å²) in [4.78, 5) is -0.0392. The molecule has 0 saturated heterocycles. The van der Waals surface area contributed by atoms with Crippen molar-refractivity contribution in [2.75, 3.05) is 6.54 Å². The van der Waals surface area contributed by atoms with Gasteiger partial charge in [0, 0.05) is 6.54 Å². The molecule has 21 heavy (non-hydrogen) atoms. The van der Waals surface area contributed by atoms with Crippen LogP contribution < -0.4 is 4.72 Å². The van der Waals surface area contributed by atoms with E-state index in [9.17, 15) is 13.5 Å². The molecule has 1 saturated carbocycles. The lowest BCUT2D eigenvalue weighted by molar-refractivity contribution is 0.236. The van der Waals surface area contributed by atoms with Gasteiger partial charge >= 0.3 is 0 Å². The SMILES string of the molecule is CC(C)CC1(CNS(=O)(=O)c2ccccc2O)CCCC1. The average molecular weight is 311 g/mol. The van der Waals surface area contributed by atoms with Crippen molar-refractivity contribution in [3.8, 4) is 5.75 Å². The fourth-order valence-electron chi connectivity index (χ4n) is 3.45. The van der Waals surface area contributed by atoms with E-state index in [0.29, 0.717) is 12.5 Å². The summed E-state index contributed by atoms with van der Waals surface area (Å²) in [6.07, 6.45) is 5.54. The summed E-state index contributed by atoms with van der Waals surface area (Å²) in [7, 11) is -3.65. The van der Waals surface area contributed by atoms with Crippen LogP contribution >= 0.6 is 0 Å². The van der Waals surface area contributed by atoms with Gasteiger partial charge in [-0.15, -0.1) is 0 Å². The Labute approximate surface area is 127 Å². The smallest absolute Gasteiger partial charge is 0.244 e. The first-order valence-electron chi connectivity index (χ1n) is 7.62. The maximum absolute atomic E-state index is 12.4. The van der Waals surface area contributed by atoms with Crippen LogP contribution in [0.25, 0.3) is 0 Å². The van der Waals surface area contributed by atoms with E-state index in [1.165, 1.54) is 25.0 Å². The highest BCUT2D eigenvalue weighted by atomic mass is 32.2. The zero-order valence-corrected chi connectivity index (χ0v) is 13.6. The quantitative estimate of drug-likeness (QED) is 0.847. The first-order chi connectivity index (χ1) is 9.85. The van der Waals surface area contributed by atoms with Crippen LogP contribution in [-0.2, 0) is 10.0 Å². The van der Waals surface area contributed by atoms with Crippen molar-refractivity contribution in [3.05, 3.63) is 24.3 Å². The molecular weight excluding hydrogens is 286 g/mol. The number of sulfonamides is 1. The van der Waals surface area contributed by atoms with Crippen molar-refractivity contribution >= 4 is 10.0 Å². The Kier molecular flexibility index (Phi) is 4.94. The first-order valence-corrected chi connectivity index (χ1v) is 9.11. The Morgan fingerprint density at radius 2 is 1.86 bits per heavy atom. The Balaban J connectivity index is 2.12. The van der Waals surface area contributed by atoms with E-state index in [1.54, 1.807) is 12.1 Å². The Morgan fingerprint density at radius 1 is 1.24 bits per heavy atom. The van der Waals surface area contributed by atoms with E-state index < -0.39 is 10.0 Å². The molecule has 0 aromatic heterocycles. The summed E-state index contributed by atoms with van der Waals surface area (Å²) in [5, 5.41) is 9.73. The zero-order valence-electron chi connectivity index (χ0n) is 12.8. The lowest BCUT2D eigenvalue weighted by Gasteiger charge is -2.31. The van der Waals surface area contributed by atoms with Crippen LogP contribution in [0.2, 0.25) is 0 Å². The monoisotopic (exact) mass is 311 g/mol. The number of rotatable bonds is 6. The highest BCUT2D eigenvalue weighted by molar-refractivity contribution is 7.89. The fourth-order valence-corrected chi connectivity index (χ4v) is 4.71. The third-order valence-corrected chi connectivity index (χ3v) is 5.75. The van der Waals surface area contributed by atoms with Crippen molar-refractivity contribution in [1.29, 1.82) is 0 Å². The summed E-state index contributed by atoms with van der Waals surface area (Å²) in [6, 6.07) is 6.06. The lowest BCUT2D eigenvalue weighted by Crippen LogP contribution is -2.36. The van der Waals surface area contributed by atoms with Gasteiger partial charge in [-0.2, -0.15) is 0 Å². The second-order valence-electron chi connectivity index (χ2n) is 6.60. The van der Waals surface area contributed by atoms with E-state index >= 15 is 0 Å². The second-order valence-corrected chi connectivity index (χ2v) is 8.33. The van der Waals surface area contributed by atoms with Gasteiger partial charge in [0.1, 0.15) is 10.6 Å². The van der Waals surface area contributed by atoms with Crippen molar-refractivity contribution in [3.63, 3.8) is 0 Å². The summed E-state index contributed by atoms with van der Waals surface area (Å²) >= 11 is 0. The van der Waals surface area contributed by atoms with E-state index in [4.69, 9.17) is 0 Å². The van der Waals surface area contributed by atoms with E-state index in [0.717, 1.165) is 19.3 Å². The molecule has 1 aliphatic rings. The molecule has 0 unspecified atom stereocenters. The minimum Gasteiger partial charge on any atom is -0.507 e. The number of phenols is 1. The second kappa shape index (κ2) is 6.36. The molecule has 1 aromatic carbocycles. The topological polar surface area (TPSA) is 66.4 Å². The highest BCUT2D eigenvalue weighted by Crippen LogP contribution is 2.42. The number of hydrogen-bond donors (Lipinski definition) is 2. The van der Waals surface area contributed by atoms with Gasteiger partial charge in [-0.1, -0.05) is 38.8 Å². The van der Waals surface area contributed by atoms with Crippen LogP contribution in [-0.4, -0.2) is 20.1 Å². The highest BCUT2D eigenvalue weighted by Gasteiger charge is 2.35. The number of benzene rings is 1. The standard InChI is InChI=1S/C16H25NO3S/c1-13(2)11-16(9-5-6-10-16)12-17-21(19,20)15-8-4-3-7-14(15)18/h3-4,7-8,13,17-18H,5-6,9-12H2,1-2H3. The molecule has 0 bridgehead atoms. The largest absolute Gasteiger partial charge is 0.507 e. The normalized spacial score (nSPS) is 18.2. The molecule has 5 heteroatoms. The molecule has 0 spiro atoms. The van der Waals surface area contributed by atoms with Gasteiger partial charge < -0.3 is 5.11 Å². The molecule has 2 N–H and O–H groups in total. The van der Waals surface area contributed by atoms with Gasteiger partial charge in [-0.25, -0.2) is 13.1 Å². The van der Waals surface area contributed by atoms with Crippen LogP contribution in [0, 0.1) is 11.3 Å². The van der Waals surface area contributed by atoms with Gasteiger partial charge in [0.25, 0.3) is 0 Å². The molecule has 0 amide bonds.